The van der Waals surface area contributed by atoms with Crippen molar-refractivity contribution in [2.45, 2.75) is 57.3 Å². The van der Waals surface area contributed by atoms with Crippen LogP contribution >= 0.6 is 15.9 Å². The molecule has 3 heteroatoms. The van der Waals surface area contributed by atoms with Crippen molar-refractivity contribution in [3.63, 3.8) is 0 Å². The summed E-state index contributed by atoms with van der Waals surface area (Å²) >= 11 is 3.52. The predicted octanol–water partition coefficient (Wildman–Crippen LogP) is 4.28. The van der Waals surface area contributed by atoms with Crippen LogP contribution in [-0.2, 0) is 5.41 Å². The molecule has 2 atom stereocenters. The molecule has 0 fully saturated rings. The summed E-state index contributed by atoms with van der Waals surface area (Å²) in [6, 6.07) is 8.01. The van der Waals surface area contributed by atoms with Gasteiger partial charge in [0, 0.05) is 16.4 Å². The molecule has 0 saturated heterocycles. The van der Waals surface area contributed by atoms with Gasteiger partial charge < -0.3 is 5.32 Å². The number of hydrogen-bond donors (Lipinski definition) is 1. The predicted molar refractivity (Wildman–Crippen MR) is 85.1 cm³/mol. The number of carbonyl (C=O) groups excluding carboxylic acids is 1. The monoisotopic (exact) mass is 325 g/mol. The van der Waals surface area contributed by atoms with Crippen molar-refractivity contribution < 1.29 is 4.79 Å². The maximum atomic E-state index is 12.4. The van der Waals surface area contributed by atoms with Gasteiger partial charge in [0.2, 0.25) is 0 Å². The topological polar surface area (TPSA) is 29.1 Å². The SMILES string of the molecule is CC(Br)CC(C)NC(=O)c1ccccc1C(C)(C)C. The van der Waals surface area contributed by atoms with E-state index in [1.165, 1.54) is 0 Å². The van der Waals surface area contributed by atoms with E-state index in [1.54, 1.807) is 0 Å². The molecule has 1 N–H and O–H groups in total. The molecular formula is C16H24BrNO. The molecule has 2 unspecified atom stereocenters. The van der Waals surface area contributed by atoms with E-state index in [4.69, 9.17) is 0 Å². The molecule has 1 rings (SSSR count). The molecule has 0 radical (unpaired) electrons. The molecule has 106 valence electrons. The maximum Gasteiger partial charge on any atom is 0.251 e. The first kappa shape index (κ1) is 16.2. The van der Waals surface area contributed by atoms with Crippen LogP contribution in [0.15, 0.2) is 24.3 Å². The number of carbonyl (C=O) groups is 1. The van der Waals surface area contributed by atoms with E-state index < -0.39 is 0 Å². The zero-order valence-corrected chi connectivity index (χ0v) is 14.0. The zero-order chi connectivity index (χ0) is 14.6. The van der Waals surface area contributed by atoms with Crippen molar-refractivity contribution in [3.05, 3.63) is 35.4 Å². The highest BCUT2D eigenvalue weighted by Crippen LogP contribution is 2.25. The first-order valence-electron chi connectivity index (χ1n) is 6.76. The normalized spacial score (nSPS) is 14.8. The molecule has 0 heterocycles. The van der Waals surface area contributed by atoms with Crippen molar-refractivity contribution in [2.75, 3.05) is 0 Å². The van der Waals surface area contributed by atoms with Crippen LogP contribution in [0.25, 0.3) is 0 Å². The van der Waals surface area contributed by atoms with Gasteiger partial charge in [0.15, 0.2) is 0 Å². The van der Waals surface area contributed by atoms with E-state index in [0.717, 1.165) is 17.5 Å². The van der Waals surface area contributed by atoms with Crippen LogP contribution in [0.1, 0.15) is 57.0 Å². The summed E-state index contributed by atoms with van der Waals surface area (Å²) in [5, 5.41) is 3.07. The van der Waals surface area contributed by atoms with Gasteiger partial charge in [-0.25, -0.2) is 0 Å². The zero-order valence-electron chi connectivity index (χ0n) is 12.5. The lowest BCUT2D eigenvalue weighted by molar-refractivity contribution is 0.0936. The smallest absolute Gasteiger partial charge is 0.251 e. The number of alkyl halides is 1. The van der Waals surface area contributed by atoms with Gasteiger partial charge >= 0.3 is 0 Å². The van der Waals surface area contributed by atoms with Gasteiger partial charge in [-0.3, -0.25) is 4.79 Å². The van der Waals surface area contributed by atoms with Crippen LogP contribution in [0, 0.1) is 0 Å². The van der Waals surface area contributed by atoms with Crippen LogP contribution in [-0.4, -0.2) is 16.8 Å². The molecule has 0 aliphatic rings. The Morgan fingerprint density at radius 2 is 1.84 bits per heavy atom. The molecule has 0 bridgehead atoms. The summed E-state index contributed by atoms with van der Waals surface area (Å²) in [6.45, 7) is 10.5. The number of benzene rings is 1. The Bertz CT molecular complexity index is 435. The van der Waals surface area contributed by atoms with E-state index in [-0.39, 0.29) is 17.4 Å². The standard InChI is InChI=1S/C16H24BrNO/c1-11(17)10-12(2)18-15(19)13-8-6-7-9-14(13)16(3,4)5/h6-9,11-12H,10H2,1-5H3,(H,18,19). The first-order chi connectivity index (χ1) is 8.71. The fourth-order valence-corrected chi connectivity index (χ4v) is 2.74. The van der Waals surface area contributed by atoms with Gasteiger partial charge in [0.05, 0.1) is 0 Å². The molecule has 19 heavy (non-hydrogen) atoms. The van der Waals surface area contributed by atoms with Gasteiger partial charge in [0.1, 0.15) is 0 Å². The Balaban J connectivity index is 2.89. The largest absolute Gasteiger partial charge is 0.350 e. The van der Waals surface area contributed by atoms with Gasteiger partial charge in [-0.1, -0.05) is 61.8 Å². The second kappa shape index (κ2) is 6.56. The minimum absolute atomic E-state index is 0.0196. The van der Waals surface area contributed by atoms with Crippen LogP contribution in [0.3, 0.4) is 0 Å². The maximum absolute atomic E-state index is 12.4. The van der Waals surface area contributed by atoms with Crippen molar-refractivity contribution >= 4 is 21.8 Å². The third-order valence-electron chi connectivity index (χ3n) is 3.04. The molecule has 1 aromatic carbocycles. The van der Waals surface area contributed by atoms with E-state index in [1.807, 2.05) is 31.2 Å². The highest BCUT2D eigenvalue weighted by Gasteiger charge is 2.21. The van der Waals surface area contributed by atoms with Crippen molar-refractivity contribution in [2.24, 2.45) is 0 Å². The van der Waals surface area contributed by atoms with Crippen LogP contribution in [0.2, 0.25) is 0 Å². The third kappa shape index (κ3) is 4.98. The first-order valence-corrected chi connectivity index (χ1v) is 7.68. The van der Waals surface area contributed by atoms with Crippen molar-refractivity contribution in [1.29, 1.82) is 0 Å². The number of halogens is 1. The van der Waals surface area contributed by atoms with Gasteiger partial charge in [0.25, 0.3) is 5.91 Å². The Morgan fingerprint density at radius 3 is 2.37 bits per heavy atom. The molecular weight excluding hydrogens is 302 g/mol. The summed E-state index contributed by atoms with van der Waals surface area (Å²) in [5.74, 6) is 0.0196. The van der Waals surface area contributed by atoms with Crippen LogP contribution in [0.5, 0.6) is 0 Å². The molecule has 0 spiro atoms. The summed E-state index contributed by atoms with van der Waals surface area (Å²) in [7, 11) is 0. The minimum atomic E-state index is -0.0279. The Kier molecular flexibility index (Phi) is 5.60. The summed E-state index contributed by atoms with van der Waals surface area (Å²) < 4.78 is 0. The van der Waals surface area contributed by atoms with Crippen LogP contribution in [0.4, 0.5) is 0 Å². The van der Waals surface area contributed by atoms with E-state index in [0.29, 0.717) is 4.83 Å². The molecule has 1 aromatic rings. The molecule has 0 aromatic heterocycles. The summed E-state index contributed by atoms with van der Waals surface area (Å²) in [6.07, 6.45) is 0.920. The Hall–Kier alpha value is -0.830. The minimum Gasteiger partial charge on any atom is -0.350 e. The number of hydrogen-bond acceptors (Lipinski definition) is 1. The van der Waals surface area contributed by atoms with Crippen molar-refractivity contribution in [1.82, 2.24) is 5.32 Å². The molecule has 0 aliphatic carbocycles. The van der Waals surface area contributed by atoms with Gasteiger partial charge in [-0.05, 0) is 30.4 Å². The molecule has 0 saturated carbocycles. The average molecular weight is 326 g/mol. The fraction of sp³-hybridized carbons (Fsp3) is 0.562. The molecule has 0 aliphatic heterocycles. The van der Waals surface area contributed by atoms with Crippen molar-refractivity contribution in [3.8, 4) is 0 Å². The number of nitrogens with one attached hydrogen (secondary N) is 1. The van der Waals surface area contributed by atoms with Gasteiger partial charge in [-0.2, -0.15) is 0 Å². The second-order valence-corrected chi connectivity index (χ2v) is 7.75. The Morgan fingerprint density at radius 1 is 1.26 bits per heavy atom. The highest BCUT2D eigenvalue weighted by atomic mass is 79.9. The summed E-state index contributed by atoms with van der Waals surface area (Å²) in [5.41, 5.74) is 1.84. The summed E-state index contributed by atoms with van der Waals surface area (Å²) in [4.78, 5) is 12.8. The van der Waals surface area contributed by atoms with E-state index >= 15 is 0 Å². The average Bonchev–Trinajstić information content (AvgIpc) is 2.26. The quantitative estimate of drug-likeness (QED) is 0.822. The van der Waals surface area contributed by atoms with Gasteiger partial charge in [-0.15, -0.1) is 0 Å². The third-order valence-corrected chi connectivity index (χ3v) is 3.41. The van der Waals surface area contributed by atoms with E-state index in [2.05, 4.69) is 48.9 Å². The second-order valence-electron chi connectivity index (χ2n) is 6.19. The van der Waals surface area contributed by atoms with Crippen LogP contribution < -0.4 is 5.32 Å². The molecule has 1 amide bonds. The lowest BCUT2D eigenvalue weighted by Crippen LogP contribution is -2.35. The number of amides is 1. The Labute approximate surface area is 125 Å². The highest BCUT2D eigenvalue weighted by molar-refractivity contribution is 9.09. The van der Waals surface area contributed by atoms with E-state index in [9.17, 15) is 4.79 Å². The molecule has 2 nitrogen and oxygen atoms in total. The number of rotatable bonds is 4. The fourth-order valence-electron chi connectivity index (χ4n) is 2.18. The lowest BCUT2D eigenvalue weighted by Gasteiger charge is -2.23. The lowest BCUT2D eigenvalue weighted by atomic mass is 9.83.